The van der Waals surface area contributed by atoms with E-state index in [4.69, 9.17) is 10.5 Å². The van der Waals surface area contributed by atoms with E-state index in [1.807, 2.05) is 52.1 Å². The monoisotopic (exact) mass is 448 g/mol. The number of benzene rings is 1. The van der Waals surface area contributed by atoms with E-state index in [0.29, 0.717) is 12.4 Å². The van der Waals surface area contributed by atoms with Crippen LogP contribution in [0.3, 0.4) is 0 Å². The molecule has 0 fully saturated rings. The molecule has 1 aromatic carbocycles. The molecule has 0 spiro atoms. The highest BCUT2D eigenvalue weighted by molar-refractivity contribution is 14.1. The summed E-state index contributed by atoms with van der Waals surface area (Å²) in [6.45, 7) is 2.23. The number of non-ortho nitro benzene ring substituents is 1. The Hall–Kier alpha value is -0.160. The molecular weight excluding hydrogens is 438 g/mol. The zero-order chi connectivity index (χ0) is 12.3. The van der Waals surface area contributed by atoms with E-state index in [9.17, 15) is 10.1 Å². The van der Waals surface area contributed by atoms with E-state index >= 15 is 0 Å². The Bertz CT molecular complexity index is 387. The lowest BCUT2D eigenvalue weighted by Gasteiger charge is -2.11. The molecule has 0 saturated heterocycles. The number of hydrogen-bond donors (Lipinski definition) is 1. The summed E-state index contributed by atoms with van der Waals surface area (Å²) in [5, 5.41) is 10.6. The second-order valence-corrected chi connectivity index (χ2v) is 5.61. The summed E-state index contributed by atoms with van der Waals surface area (Å²) in [7, 11) is 0. The van der Waals surface area contributed by atoms with Gasteiger partial charge in [-0.15, -0.1) is 0 Å². The summed E-state index contributed by atoms with van der Waals surface area (Å²) < 4.78 is 6.94. The molecule has 1 unspecified atom stereocenters. The maximum absolute atomic E-state index is 10.6. The first-order valence-electron chi connectivity index (χ1n) is 4.43. The normalized spacial score (nSPS) is 12.2. The summed E-state index contributed by atoms with van der Waals surface area (Å²) in [4.78, 5) is 10.2. The number of halogens is 2. The van der Waals surface area contributed by atoms with Gasteiger partial charge in [-0.3, -0.25) is 10.1 Å². The Balaban J connectivity index is 2.98. The van der Waals surface area contributed by atoms with Gasteiger partial charge in [-0.2, -0.15) is 0 Å². The summed E-state index contributed by atoms with van der Waals surface area (Å²) in [5.74, 6) is 0.657. The average molecular weight is 448 g/mol. The van der Waals surface area contributed by atoms with Crippen LogP contribution in [0.4, 0.5) is 5.69 Å². The van der Waals surface area contributed by atoms with Gasteiger partial charge in [0, 0.05) is 18.2 Å². The quantitative estimate of drug-likeness (QED) is 0.437. The Morgan fingerprint density at radius 2 is 2.00 bits per heavy atom. The van der Waals surface area contributed by atoms with Crippen molar-refractivity contribution in [1.29, 1.82) is 0 Å². The van der Waals surface area contributed by atoms with Crippen molar-refractivity contribution in [3.8, 4) is 5.75 Å². The molecule has 0 saturated carbocycles. The minimum Gasteiger partial charge on any atom is -0.490 e. The molecule has 16 heavy (non-hydrogen) atoms. The third-order valence-electron chi connectivity index (χ3n) is 1.68. The van der Waals surface area contributed by atoms with Gasteiger partial charge < -0.3 is 10.5 Å². The van der Waals surface area contributed by atoms with Crippen LogP contribution in [0.2, 0.25) is 0 Å². The van der Waals surface area contributed by atoms with Crippen molar-refractivity contribution in [2.24, 2.45) is 5.73 Å². The number of nitro benzene ring substituents is 1. The van der Waals surface area contributed by atoms with Gasteiger partial charge in [0.25, 0.3) is 5.69 Å². The molecule has 0 aliphatic heterocycles. The van der Waals surface area contributed by atoms with Crippen LogP contribution in [0.5, 0.6) is 5.75 Å². The summed E-state index contributed by atoms with van der Waals surface area (Å²) in [5.41, 5.74) is 5.65. The van der Waals surface area contributed by atoms with Crippen molar-refractivity contribution < 1.29 is 9.66 Å². The molecule has 7 heteroatoms. The van der Waals surface area contributed by atoms with Gasteiger partial charge in [0.2, 0.25) is 0 Å². The van der Waals surface area contributed by atoms with Gasteiger partial charge in [0.05, 0.1) is 12.1 Å². The Morgan fingerprint density at radius 3 is 2.38 bits per heavy atom. The van der Waals surface area contributed by atoms with Crippen molar-refractivity contribution in [2.45, 2.75) is 13.0 Å². The van der Waals surface area contributed by atoms with Crippen LogP contribution in [0, 0.1) is 17.3 Å². The minimum atomic E-state index is -0.417. The number of nitro groups is 1. The molecule has 2 N–H and O–H groups in total. The first-order chi connectivity index (χ1) is 7.41. The fourth-order valence-corrected chi connectivity index (χ4v) is 3.05. The first kappa shape index (κ1) is 13.9. The van der Waals surface area contributed by atoms with E-state index in [-0.39, 0.29) is 11.7 Å². The molecule has 5 nitrogen and oxygen atoms in total. The van der Waals surface area contributed by atoms with Crippen molar-refractivity contribution in [2.75, 3.05) is 6.61 Å². The fraction of sp³-hybridized carbons (Fsp3) is 0.333. The number of hydrogen-bond acceptors (Lipinski definition) is 4. The summed E-state index contributed by atoms with van der Waals surface area (Å²) >= 11 is 4.03. The van der Waals surface area contributed by atoms with E-state index in [1.54, 1.807) is 0 Å². The lowest BCUT2D eigenvalue weighted by molar-refractivity contribution is -0.385. The second kappa shape index (κ2) is 5.96. The van der Waals surface area contributed by atoms with Crippen LogP contribution < -0.4 is 10.5 Å². The highest BCUT2D eigenvalue weighted by atomic mass is 127. The van der Waals surface area contributed by atoms with Crippen LogP contribution in [0.25, 0.3) is 0 Å². The first-order valence-corrected chi connectivity index (χ1v) is 6.59. The minimum absolute atomic E-state index is 0.0678. The SMILES string of the molecule is CC(N)COc1c(I)cc([N+](=O)[O-])cc1I. The van der Waals surface area contributed by atoms with Crippen LogP contribution in [0.1, 0.15) is 6.92 Å². The smallest absolute Gasteiger partial charge is 0.271 e. The maximum atomic E-state index is 10.6. The van der Waals surface area contributed by atoms with Gasteiger partial charge >= 0.3 is 0 Å². The molecule has 0 aromatic heterocycles. The zero-order valence-electron chi connectivity index (χ0n) is 8.44. The number of rotatable bonds is 4. The van der Waals surface area contributed by atoms with Crippen molar-refractivity contribution >= 4 is 50.9 Å². The van der Waals surface area contributed by atoms with Gasteiger partial charge in [-0.1, -0.05) is 0 Å². The van der Waals surface area contributed by atoms with Crippen LogP contribution in [0.15, 0.2) is 12.1 Å². The second-order valence-electron chi connectivity index (χ2n) is 3.28. The molecule has 1 atom stereocenters. The average Bonchev–Trinajstić information content (AvgIpc) is 2.15. The van der Waals surface area contributed by atoms with Gasteiger partial charge in [0.15, 0.2) is 0 Å². The number of nitrogens with zero attached hydrogens (tertiary/aromatic N) is 1. The highest BCUT2D eigenvalue weighted by Crippen LogP contribution is 2.31. The van der Waals surface area contributed by atoms with Crippen molar-refractivity contribution in [3.05, 3.63) is 29.4 Å². The molecule has 0 bridgehead atoms. The predicted molar refractivity (Wildman–Crippen MR) is 77.7 cm³/mol. The molecule has 0 aliphatic carbocycles. The Labute approximate surface area is 120 Å². The number of ether oxygens (including phenoxy) is 1. The molecule has 0 aliphatic rings. The van der Waals surface area contributed by atoms with Gasteiger partial charge in [-0.25, -0.2) is 0 Å². The summed E-state index contributed by atoms with van der Waals surface area (Å²) in [6, 6.07) is 2.90. The summed E-state index contributed by atoms with van der Waals surface area (Å²) in [6.07, 6.45) is 0. The third-order valence-corrected chi connectivity index (χ3v) is 3.29. The third kappa shape index (κ3) is 3.70. The molecule has 0 heterocycles. The number of nitrogens with two attached hydrogens (primary N) is 1. The standard InChI is InChI=1S/C9H10I2N2O3/c1-5(12)4-16-9-7(10)2-6(13(14)15)3-8(9)11/h2-3,5H,4,12H2,1H3. The van der Waals surface area contributed by atoms with E-state index in [1.165, 1.54) is 12.1 Å². The van der Waals surface area contributed by atoms with Crippen molar-refractivity contribution in [3.63, 3.8) is 0 Å². The predicted octanol–water partition coefficient (Wildman–Crippen LogP) is 2.53. The van der Waals surface area contributed by atoms with Crippen LogP contribution in [-0.2, 0) is 0 Å². The molecule has 0 amide bonds. The van der Waals surface area contributed by atoms with E-state index in [0.717, 1.165) is 7.14 Å². The lowest BCUT2D eigenvalue weighted by Crippen LogP contribution is -2.24. The lowest BCUT2D eigenvalue weighted by atomic mass is 10.3. The highest BCUT2D eigenvalue weighted by Gasteiger charge is 2.15. The molecular formula is C9H10I2N2O3. The topological polar surface area (TPSA) is 78.4 Å². The zero-order valence-corrected chi connectivity index (χ0v) is 12.8. The van der Waals surface area contributed by atoms with Crippen molar-refractivity contribution in [1.82, 2.24) is 0 Å². The largest absolute Gasteiger partial charge is 0.490 e. The maximum Gasteiger partial charge on any atom is 0.271 e. The van der Waals surface area contributed by atoms with E-state index < -0.39 is 4.92 Å². The van der Waals surface area contributed by atoms with Gasteiger partial charge in [-0.05, 0) is 52.1 Å². The Kier molecular flexibility index (Phi) is 5.18. The Morgan fingerprint density at radius 1 is 1.50 bits per heavy atom. The van der Waals surface area contributed by atoms with Crippen LogP contribution >= 0.6 is 45.2 Å². The van der Waals surface area contributed by atoms with E-state index in [2.05, 4.69) is 0 Å². The molecule has 1 aromatic rings. The molecule has 1 rings (SSSR count). The van der Waals surface area contributed by atoms with Crippen LogP contribution in [-0.4, -0.2) is 17.6 Å². The van der Waals surface area contributed by atoms with Gasteiger partial charge in [0.1, 0.15) is 12.4 Å². The fourth-order valence-electron chi connectivity index (χ4n) is 1.00. The molecule has 0 radical (unpaired) electrons. The molecule has 88 valence electrons.